The molecular weight excluding hydrogens is 802 g/mol. The van der Waals surface area contributed by atoms with Crippen LogP contribution in [0.5, 0.6) is 0 Å². The summed E-state index contributed by atoms with van der Waals surface area (Å²) in [7, 11) is 3.87. The Labute approximate surface area is 341 Å². The zero-order chi connectivity index (χ0) is 40.3. The molecule has 0 saturated carbocycles. The van der Waals surface area contributed by atoms with Gasteiger partial charge in [-0.05, 0) is 0 Å². The number of benzene rings is 2. The summed E-state index contributed by atoms with van der Waals surface area (Å²) in [6, 6.07) is 20.1. The number of aliphatic imine (C=N–C) groups is 2. The summed E-state index contributed by atoms with van der Waals surface area (Å²) in [5, 5.41) is 14.1. The van der Waals surface area contributed by atoms with E-state index in [-0.39, 0.29) is 6.04 Å². The summed E-state index contributed by atoms with van der Waals surface area (Å²) < 4.78 is 5.27. The standard InChI is InChI=1S/C38H42N4.C13H10.CH3.Sb/c1-6-8-9-11-23-33(29-34(39)24-18-20-31(3)38(41-5)19-7-2)37(32-21-12-10-13-22-32)30-36(40-4)27-15-14-25-35-26-16-17-28-42-35;1-2-5-9-12(8-4-1)13-10-6-3-7-11-13;;/h6-24,27-28,35,39-40H,1,25-26H2,2-5H3;1-4,6-8,10H,5H2;1H3;/b9-8-,15-14-,19-7-,23-11+,24-18-,31-20+,33-29?,36-27-,37-30?,39-34?,41-38?;;;. The van der Waals surface area contributed by atoms with Crippen molar-refractivity contribution in [1.82, 2.24) is 5.32 Å². The van der Waals surface area contributed by atoms with E-state index in [2.05, 4.69) is 150 Å². The van der Waals surface area contributed by atoms with Gasteiger partial charge in [-0.2, -0.15) is 0 Å². The summed E-state index contributed by atoms with van der Waals surface area (Å²) in [6.45, 7) is 8.00. The van der Waals surface area contributed by atoms with Crippen molar-refractivity contribution in [3.63, 3.8) is 0 Å². The Morgan fingerprint density at radius 1 is 0.947 bits per heavy atom. The van der Waals surface area contributed by atoms with E-state index in [0.717, 1.165) is 50.9 Å². The van der Waals surface area contributed by atoms with Gasteiger partial charge in [0.15, 0.2) is 0 Å². The van der Waals surface area contributed by atoms with E-state index < -0.39 is 17.4 Å². The van der Waals surface area contributed by atoms with Gasteiger partial charge >= 0.3 is 344 Å². The summed E-state index contributed by atoms with van der Waals surface area (Å²) >= 11 is -5.01. The predicted molar refractivity (Wildman–Crippen MR) is 252 cm³/mol. The van der Waals surface area contributed by atoms with Crippen molar-refractivity contribution in [1.29, 1.82) is 5.41 Å². The third-order valence-electron chi connectivity index (χ3n) is 11.3. The number of allylic oxidation sites excluding steroid dienone is 24. The van der Waals surface area contributed by atoms with Gasteiger partial charge in [0.1, 0.15) is 0 Å². The Balaban J connectivity index is 1.74. The number of hydrogen-bond donors (Lipinski definition) is 2. The second-order valence-electron chi connectivity index (χ2n) is 14.6. The molecule has 2 N–H and O–H groups in total. The molecule has 2 aromatic carbocycles. The fraction of sp³-hybridized carbons (Fsp3) is 0.173. The van der Waals surface area contributed by atoms with E-state index in [0.29, 0.717) is 5.71 Å². The molecule has 4 aliphatic rings. The molecule has 3 heterocycles. The summed E-state index contributed by atoms with van der Waals surface area (Å²) in [6.07, 6.45) is 44.7. The quantitative estimate of drug-likeness (QED) is 0.111. The van der Waals surface area contributed by atoms with Gasteiger partial charge in [0.05, 0.1) is 0 Å². The fourth-order valence-electron chi connectivity index (χ4n) is 8.77. The molecule has 1 atom stereocenters. The van der Waals surface area contributed by atoms with Crippen LogP contribution in [0.4, 0.5) is 0 Å². The maximum absolute atomic E-state index is 10.4. The SMILES string of the molecule is C=C/C=C\C=C\C1=[C](C(=N)/C=C\C=C(/C)C(/C=C\C)=NC)[Sb]2([CH3])([C]3=C(C=CC=CC3)c3cccc[c]32)[C](/C(=C/C=C\CC2CC=CC=N2)NC)=C1c1ccccc1. The molecule has 0 saturated heterocycles. The summed E-state index contributed by atoms with van der Waals surface area (Å²) in [5.74, 6) is 0. The molecule has 1 aliphatic carbocycles. The van der Waals surface area contributed by atoms with Gasteiger partial charge in [-0.3, -0.25) is 0 Å². The normalized spacial score (nSPS) is 21.2. The van der Waals surface area contributed by atoms with Crippen LogP contribution in [0.15, 0.2) is 214 Å². The monoisotopic (exact) mass is 856 g/mol. The zero-order valence-corrected chi connectivity index (χ0v) is 36.5. The second kappa shape index (κ2) is 18.6. The third-order valence-corrected chi connectivity index (χ3v) is 30.0. The van der Waals surface area contributed by atoms with Crippen molar-refractivity contribution in [3.05, 3.63) is 215 Å². The van der Waals surface area contributed by atoms with E-state index in [1.807, 2.05) is 69.8 Å². The average Bonchev–Trinajstić information content (AvgIpc) is 3.42. The topological polar surface area (TPSA) is 60.6 Å². The molecule has 57 heavy (non-hydrogen) atoms. The Morgan fingerprint density at radius 3 is 2.49 bits per heavy atom. The average molecular weight is 858 g/mol. The molecule has 1 spiro atoms. The summed E-state index contributed by atoms with van der Waals surface area (Å²) in [5.41, 5.74) is 9.51. The molecule has 0 amide bonds. The van der Waals surface area contributed by atoms with Crippen LogP contribution in [0.3, 0.4) is 0 Å². The van der Waals surface area contributed by atoms with Crippen molar-refractivity contribution in [2.75, 3.05) is 14.1 Å². The first-order chi connectivity index (χ1) is 27.8. The van der Waals surface area contributed by atoms with Crippen LogP contribution in [0.1, 0.15) is 44.2 Å². The molecule has 1 unspecified atom stereocenters. The van der Waals surface area contributed by atoms with Crippen LogP contribution in [-0.4, -0.2) is 55.2 Å². The second-order valence-corrected chi connectivity index (χ2v) is 29.0. The molecule has 0 aromatic heterocycles. The van der Waals surface area contributed by atoms with E-state index in [9.17, 15) is 5.41 Å². The first-order valence-electron chi connectivity index (χ1n) is 19.8. The van der Waals surface area contributed by atoms with Gasteiger partial charge in [0.25, 0.3) is 0 Å². The van der Waals surface area contributed by atoms with Crippen LogP contribution in [0, 0.1) is 5.41 Å². The first-order valence-corrected chi connectivity index (χ1v) is 27.5. The van der Waals surface area contributed by atoms with Crippen molar-refractivity contribution in [2.45, 2.75) is 44.0 Å². The van der Waals surface area contributed by atoms with Gasteiger partial charge in [0.2, 0.25) is 0 Å². The van der Waals surface area contributed by atoms with Crippen molar-refractivity contribution in [3.8, 4) is 0 Å². The van der Waals surface area contributed by atoms with Crippen molar-refractivity contribution >= 4 is 49.7 Å². The number of nitrogens with one attached hydrogen (secondary N) is 2. The van der Waals surface area contributed by atoms with Crippen LogP contribution >= 0.6 is 0 Å². The first kappa shape index (κ1) is 41.1. The zero-order valence-electron chi connectivity index (χ0n) is 34.0. The van der Waals surface area contributed by atoms with Gasteiger partial charge < -0.3 is 0 Å². The number of fused-ring (bicyclic) bond motifs is 4. The molecule has 2 aromatic rings. The molecule has 0 fully saturated rings. The van der Waals surface area contributed by atoms with E-state index in [1.54, 1.807) is 6.08 Å². The molecule has 0 radical (unpaired) electrons. The molecule has 5 heteroatoms. The summed E-state index contributed by atoms with van der Waals surface area (Å²) in [4.78, 5) is 11.8. The van der Waals surface area contributed by atoms with E-state index >= 15 is 0 Å². The Morgan fingerprint density at radius 2 is 1.75 bits per heavy atom. The van der Waals surface area contributed by atoms with Gasteiger partial charge in [-0.1, -0.05) is 0 Å². The van der Waals surface area contributed by atoms with Gasteiger partial charge in [-0.25, -0.2) is 0 Å². The van der Waals surface area contributed by atoms with Gasteiger partial charge in [0, 0.05) is 0 Å². The molecule has 6 rings (SSSR count). The predicted octanol–water partition coefficient (Wildman–Crippen LogP) is 11.5. The number of likely N-dealkylation sites (N-methyl/N-ethyl adjacent to an activating group) is 1. The number of hydrogen-bond acceptors (Lipinski definition) is 4. The van der Waals surface area contributed by atoms with Crippen LogP contribution < -0.4 is 8.83 Å². The van der Waals surface area contributed by atoms with E-state index in [4.69, 9.17) is 4.99 Å². The van der Waals surface area contributed by atoms with Crippen molar-refractivity contribution in [2.24, 2.45) is 9.98 Å². The minimum atomic E-state index is -5.01. The number of dihydropyridines is 1. The molecule has 288 valence electrons. The van der Waals surface area contributed by atoms with Crippen molar-refractivity contribution < 1.29 is 0 Å². The minimum absolute atomic E-state index is 0.251. The van der Waals surface area contributed by atoms with Crippen LogP contribution in [-0.2, 0) is 0 Å². The number of rotatable bonds is 14. The van der Waals surface area contributed by atoms with Crippen LogP contribution in [0.2, 0.25) is 4.87 Å². The molecule has 3 aliphatic heterocycles. The molecule has 4 nitrogen and oxygen atoms in total. The molecule has 0 bridgehead atoms. The fourth-order valence-corrected chi connectivity index (χ4v) is 29.4. The van der Waals surface area contributed by atoms with Crippen LogP contribution in [0.25, 0.3) is 11.1 Å². The Bertz CT molecular complexity index is 2390. The van der Waals surface area contributed by atoms with Gasteiger partial charge in [-0.15, -0.1) is 0 Å². The Kier molecular flexibility index (Phi) is 13.4. The molecular formula is C52H55N4Sb. The maximum atomic E-state index is 10.4. The Hall–Kier alpha value is -5.57. The third kappa shape index (κ3) is 7.76. The number of nitrogens with zero attached hydrogens (tertiary/aromatic N) is 2. The van der Waals surface area contributed by atoms with E-state index in [1.165, 1.54) is 27.3 Å².